The van der Waals surface area contributed by atoms with Crippen LogP contribution < -0.4 is 5.32 Å². The number of ether oxygens (including phenoxy) is 1. The fraction of sp³-hybridized carbons (Fsp3) is 0.286. The number of rotatable bonds is 7. The molecule has 150 valence electrons. The zero-order valence-electron chi connectivity index (χ0n) is 15.6. The van der Waals surface area contributed by atoms with Gasteiger partial charge in [0.1, 0.15) is 0 Å². The normalized spacial score (nSPS) is 16.7. The lowest BCUT2D eigenvalue weighted by molar-refractivity contribution is -0.119. The predicted molar refractivity (Wildman–Crippen MR) is 129 cm³/mol. The summed E-state index contributed by atoms with van der Waals surface area (Å²) in [5.41, 5.74) is 2.90. The van der Waals surface area contributed by atoms with E-state index in [0.717, 1.165) is 45.3 Å². The fourth-order valence-electron chi connectivity index (χ4n) is 2.94. The average molecular weight is 537 g/mol. The highest BCUT2D eigenvalue weighted by Gasteiger charge is 2.16. The number of nitrogens with zero attached hydrogens (tertiary/aromatic N) is 2. The van der Waals surface area contributed by atoms with Gasteiger partial charge in [0.2, 0.25) is 5.91 Å². The monoisotopic (exact) mass is 537 g/mol. The van der Waals surface area contributed by atoms with Gasteiger partial charge >= 0.3 is 0 Å². The van der Waals surface area contributed by atoms with Crippen molar-refractivity contribution in [2.24, 2.45) is 4.99 Å². The highest BCUT2D eigenvalue weighted by molar-refractivity contribution is 14.1. The Morgan fingerprint density at radius 3 is 3.00 bits per heavy atom. The summed E-state index contributed by atoms with van der Waals surface area (Å²) < 4.78 is 8.70. The van der Waals surface area contributed by atoms with Gasteiger partial charge in [-0.15, -0.1) is 11.3 Å². The van der Waals surface area contributed by atoms with E-state index in [4.69, 9.17) is 4.74 Å². The van der Waals surface area contributed by atoms with Crippen LogP contribution in [0.15, 0.2) is 51.8 Å². The Kier molecular flexibility index (Phi) is 7.17. The molecule has 1 atom stereocenters. The molecule has 1 fully saturated rings. The molecule has 1 amide bonds. The predicted octanol–water partition coefficient (Wildman–Crippen LogP) is 5.04. The number of thioether (sulfide) groups is 1. The van der Waals surface area contributed by atoms with Crippen molar-refractivity contribution in [1.29, 1.82) is 0 Å². The van der Waals surface area contributed by atoms with Gasteiger partial charge < -0.3 is 10.1 Å². The third kappa shape index (κ3) is 6.00. The van der Waals surface area contributed by atoms with E-state index in [-0.39, 0.29) is 12.0 Å². The van der Waals surface area contributed by atoms with E-state index in [0.29, 0.717) is 12.3 Å². The quantitative estimate of drug-likeness (QED) is 0.261. The van der Waals surface area contributed by atoms with Gasteiger partial charge in [0.25, 0.3) is 0 Å². The van der Waals surface area contributed by atoms with E-state index in [2.05, 4.69) is 62.1 Å². The van der Waals surface area contributed by atoms with Crippen LogP contribution in [-0.4, -0.2) is 42.1 Å². The maximum absolute atomic E-state index is 12.1. The minimum Gasteiger partial charge on any atom is -0.376 e. The zero-order valence-corrected chi connectivity index (χ0v) is 19.4. The molecule has 1 aliphatic rings. The van der Waals surface area contributed by atoms with Gasteiger partial charge in [-0.1, -0.05) is 23.9 Å². The fourth-order valence-corrected chi connectivity index (χ4v) is 5.23. The minimum atomic E-state index is 0.0209. The number of nitrogens with one attached hydrogen (secondary N) is 1. The third-order valence-corrected chi connectivity index (χ3v) is 7.34. The van der Waals surface area contributed by atoms with Crippen molar-refractivity contribution in [3.8, 4) is 0 Å². The molecule has 5 nitrogen and oxygen atoms in total. The summed E-state index contributed by atoms with van der Waals surface area (Å²) in [6, 6.07) is 14.2. The number of amides is 1. The molecule has 1 aromatic heterocycles. The highest BCUT2D eigenvalue weighted by atomic mass is 127. The Bertz CT molecular complexity index is 1010. The van der Waals surface area contributed by atoms with Crippen molar-refractivity contribution < 1.29 is 9.53 Å². The molecule has 0 aliphatic carbocycles. The topological polar surface area (TPSA) is 63.6 Å². The lowest BCUT2D eigenvalue weighted by Gasteiger charge is -2.09. The number of thiazole rings is 1. The Balaban J connectivity index is 1.34. The first-order valence-corrected chi connectivity index (χ1v) is 12.3. The number of carbonyl (C=O) groups is 1. The van der Waals surface area contributed by atoms with Crippen molar-refractivity contribution >= 4 is 73.7 Å². The van der Waals surface area contributed by atoms with Crippen LogP contribution in [0.3, 0.4) is 0 Å². The van der Waals surface area contributed by atoms with Crippen molar-refractivity contribution in [3.63, 3.8) is 0 Å². The lowest BCUT2D eigenvalue weighted by atomic mass is 10.2. The van der Waals surface area contributed by atoms with E-state index < -0.39 is 0 Å². The summed E-state index contributed by atoms with van der Waals surface area (Å²) in [6.45, 7) is 1.40. The average Bonchev–Trinajstić information content (AvgIpc) is 3.39. The SMILES string of the molecule is O=C(CSc1nc2ccc(N=Cc3ccc(I)cc3)cc2s1)NC[C@@H]1CCCO1. The van der Waals surface area contributed by atoms with Crippen LogP contribution in [0.4, 0.5) is 5.69 Å². The maximum Gasteiger partial charge on any atom is 0.230 e. The summed E-state index contributed by atoms with van der Waals surface area (Å²) in [7, 11) is 0. The molecule has 2 aromatic carbocycles. The third-order valence-electron chi connectivity index (χ3n) is 4.46. The molecule has 1 aliphatic heterocycles. The number of hydrogen-bond acceptors (Lipinski definition) is 6. The molecule has 2 heterocycles. The Labute approximate surface area is 191 Å². The van der Waals surface area contributed by atoms with Gasteiger partial charge in [0.15, 0.2) is 4.34 Å². The second-order valence-electron chi connectivity index (χ2n) is 6.67. The molecule has 0 bridgehead atoms. The van der Waals surface area contributed by atoms with Gasteiger partial charge in [-0.25, -0.2) is 4.98 Å². The minimum absolute atomic E-state index is 0.0209. The standard InChI is InChI=1S/C21H20IN3O2S2/c22-15-5-3-14(4-6-15)11-23-16-7-8-18-19(10-16)29-21(25-18)28-13-20(26)24-12-17-2-1-9-27-17/h3-8,10-11,17H,1-2,9,12-13H2,(H,24,26)/t17-/m0/s1. The molecule has 1 saturated heterocycles. The van der Waals surface area contributed by atoms with Crippen LogP contribution >= 0.6 is 45.7 Å². The number of halogens is 1. The first kappa shape index (κ1) is 20.8. The molecular formula is C21H20IN3O2S2. The van der Waals surface area contributed by atoms with E-state index in [1.54, 1.807) is 11.3 Å². The molecule has 8 heteroatoms. The number of aromatic nitrogens is 1. The first-order chi connectivity index (χ1) is 14.2. The molecule has 3 aromatic rings. The van der Waals surface area contributed by atoms with Gasteiger partial charge in [-0.05, 0) is 71.3 Å². The molecule has 0 spiro atoms. The summed E-state index contributed by atoms with van der Waals surface area (Å²) in [5, 5.41) is 2.95. The van der Waals surface area contributed by atoms with Gasteiger partial charge in [0.05, 0.1) is 27.8 Å². The Morgan fingerprint density at radius 2 is 2.21 bits per heavy atom. The number of aliphatic imine (C=N–C) groups is 1. The van der Waals surface area contributed by atoms with Crippen LogP contribution in [0, 0.1) is 3.57 Å². The van der Waals surface area contributed by atoms with Crippen molar-refractivity contribution in [2.45, 2.75) is 23.3 Å². The molecule has 4 rings (SSSR count). The molecule has 29 heavy (non-hydrogen) atoms. The van der Waals surface area contributed by atoms with Crippen LogP contribution in [0.5, 0.6) is 0 Å². The summed E-state index contributed by atoms with van der Waals surface area (Å²) >= 11 is 5.35. The second-order valence-corrected chi connectivity index (χ2v) is 10.2. The first-order valence-electron chi connectivity index (χ1n) is 9.37. The second kappa shape index (κ2) is 10.0. The van der Waals surface area contributed by atoms with E-state index in [1.807, 2.05) is 24.4 Å². The Morgan fingerprint density at radius 1 is 1.34 bits per heavy atom. The van der Waals surface area contributed by atoms with Gasteiger partial charge in [0, 0.05) is 22.9 Å². The molecule has 1 N–H and O–H groups in total. The highest BCUT2D eigenvalue weighted by Crippen LogP contribution is 2.32. The molecule has 0 radical (unpaired) electrons. The van der Waals surface area contributed by atoms with E-state index in [9.17, 15) is 4.79 Å². The van der Waals surface area contributed by atoms with E-state index >= 15 is 0 Å². The van der Waals surface area contributed by atoms with Crippen molar-refractivity contribution in [3.05, 3.63) is 51.6 Å². The van der Waals surface area contributed by atoms with Crippen molar-refractivity contribution in [2.75, 3.05) is 18.9 Å². The van der Waals surface area contributed by atoms with Crippen LogP contribution in [0.2, 0.25) is 0 Å². The number of fused-ring (bicyclic) bond motifs is 1. The van der Waals surface area contributed by atoms with Crippen LogP contribution in [0.25, 0.3) is 10.2 Å². The van der Waals surface area contributed by atoms with Crippen LogP contribution in [-0.2, 0) is 9.53 Å². The lowest BCUT2D eigenvalue weighted by Crippen LogP contribution is -2.32. The Hall–Kier alpha value is -1.49. The number of benzene rings is 2. The maximum atomic E-state index is 12.1. The van der Waals surface area contributed by atoms with Crippen LogP contribution in [0.1, 0.15) is 18.4 Å². The summed E-state index contributed by atoms with van der Waals surface area (Å²) in [5.74, 6) is 0.386. The number of carbonyl (C=O) groups excluding carboxylic acids is 1. The molecule has 0 unspecified atom stereocenters. The smallest absolute Gasteiger partial charge is 0.230 e. The molecule has 0 saturated carbocycles. The molecular weight excluding hydrogens is 517 g/mol. The van der Waals surface area contributed by atoms with E-state index in [1.165, 1.54) is 15.3 Å². The van der Waals surface area contributed by atoms with Crippen molar-refractivity contribution in [1.82, 2.24) is 10.3 Å². The summed E-state index contributed by atoms with van der Waals surface area (Å²) in [6.07, 6.45) is 4.15. The largest absolute Gasteiger partial charge is 0.376 e. The van der Waals surface area contributed by atoms with Gasteiger partial charge in [-0.3, -0.25) is 9.79 Å². The number of hydrogen-bond donors (Lipinski definition) is 1. The summed E-state index contributed by atoms with van der Waals surface area (Å²) in [4.78, 5) is 21.2. The zero-order chi connectivity index (χ0) is 20.1. The van der Waals surface area contributed by atoms with Gasteiger partial charge in [-0.2, -0.15) is 0 Å².